The van der Waals surface area contributed by atoms with Crippen LogP contribution in [0.2, 0.25) is 5.02 Å². The van der Waals surface area contributed by atoms with Crippen molar-refractivity contribution in [3.8, 4) is 5.75 Å². The minimum absolute atomic E-state index is 0.132. The molecule has 2 aromatic heterocycles. The monoisotopic (exact) mass is 448 g/mol. The first kappa shape index (κ1) is 21.8. The highest BCUT2D eigenvalue weighted by molar-refractivity contribution is 6.31. The third-order valence-corrected chi connectivity index (χ3v) is 5.64. The zero-order valence-corrected chi connectivity index (χ0v) is 18.7. The summed E-state index contributed by atoms with van der Waals surface area (Å²) in [5.41, 5.74) is 3.59. The molecule has 0 aliphatic heterocycles. The Balaban J connectivity index is 1.37. The maximum atomic E-state index is 12.3. The first-order valence-corrected chi connectivity index (χ1v) is 11.0. The molecular formula is C25H25ClN4O2. The zero-order valence-electron chi connectivity index (χ0n) is 17.9. The van der Waals surface area contributed by atoms with Crippen molar-refractivity contribution < 1.29 is 9.53 Å². The lowest BCUT2D eigenvalue weighted by Gasteiger charge is -2.11. The first-order chi connectivity index (χ1) is 15.6. The number of rotatable bonds is 9. The normalized spacial score (nSPS) is 10.9. The quantitative estimate of drug-likeness (QED) is 0.372. The van der Waals surface area contributed by atoms with Crippen molar-refractivity contribution in [3.05, 3.63) is 89.0 Å². The van der Waals surface area contributed by atoms with Crippen LogP contribution >= 0.6 is 11.6 Å². The number of para-hydroxylation sites is 2. The lowest BCUT2D eigenvalue weighted by atomic mass is 10.2. The second-order valence-electron chi connectivity index (χ2n) is 7.53. The SMILES string of the molecule is Cc1cc(OCCCn2c(CCNC(=O)c3cccnc3)nc3ccccc32)ccc1Cl. The van der Waals surface area contributed by atoms with Crippen LogP contribution in [0.3, 0.4) is 0 Å². The molecule has 0 aliphatic rings. The second kappa shape index (κ2) is 10.3. The zero-order chi connectivity index (χ0) is 22.3. The summed E-state index contributed by atoms with van der Waals surface area (Å²) in [4.78, 5) is 21.1. The summed E-state index contributed by atoms with van der Waals surface area (Å²) in [6, 6.07) is 17.3. The fraction of sp³-hybridized carbons (Fsp3) is 0.240. The highest BCUT2D eigenvalue weighted by Crippen LogP contribution is 2.21. The number of fused-ring (bicyclic) bond motifs is 1. The molecule has 0 saturated carbocycles. The molecule has 0 saturated heterocycles. The number of benzene rings is 2. The average molecular weight is 449 g/mol. The summed E-state index contributed by atoms with van der Waals surface area (Å²) in [7, 11) is 0. The molecule has 0 aliphatic carbocycles. The fourth-order valence-electron chi connectivity index (χ4n) is 3.57. The van der Waals surface area contributed by atoms with Crippen LogP contribution in [0.25, 0.3) is 11.0 Å². The first-order valence-electron chi connectivity index (χ1n) is 10.6. The van der Waals surface area contributed by atoms with Gasteiger partial charge in [0.25, 0.3) is 5.91 Å². The van der Waals surface area contributed by atoms with Gasteiger partial charge in [-0.1, -0.05) is 23.7 Å². The Hall–Kier alpha value is -3.38. The topological polar surface area (TPSA) is 69.0 Å². The molecule has 0 radical (unpaired) electrons. The van der Waals surface area contributed by atoms with E-state index in [9.17, 15) is 4.79 Å². The minimum atomic E-state index is -0.132. The molecule has 0 atom stereocenters. The van der Waals surface area contributed by atoms with Gasteiger partial charge < -0.3 is 14.6 Å². The van der Waals surface area contributed by atoms with Gasteiger partial charge in [0, 0.05) is 36.9 Å². The van der Waals surface area contributed by atoms with E-state index in [1.807, 2.05) is 43.3 Å². The van der Waals surface area contributed by atoms with E-state index < -0.39 is 0 Å². The van der Waals surface area contributed by atoms with E-state index in [1.54, 1.807) is 24.5 Å². The Kier molecular flexibility index (Phi) is 7.02. The number of amides is 1. The number of aryl methyl sites for hydroxylation is 2. The smallest absolute Gasteiger partial charge is 0.252 e. The Morgan fingerprint density at radius 2 is 2.03 bits per heavy atom. The van der Waals surface area contributed by atoms with Gasteiger partial charge >= 0.3 is 0 Å². The number of halogens is 1. The van der Waals surface area contributed by atoms with Crippen LogP contribution in [0, 0.1) is 6.92 Å². The van der Waals surface area contributed by atoms with Crippen molar-refractivity contribution in [1.82, 2.24) is 19.9 Å². The van der Waals surface area contributed by atoms with Crippen molar-refractivity contribution in [2.24, 2.45) is 0 Å². The standard InChI is InChI=1S/C25H25ClN4O2/c1-18-16-20(9-10-21(18)26)32-15-5-14-30-23-8-3-2-7-22(23)29-24(30)11-13-28-25(31)19-6-4-12-27-17-19/h2-4,6-10,12,16-17H,5,11,13-15H2,1H3,(H,28,31). The molecule has 7 heteroatoms. The molecule has 164 valence electrons. The van der Waals surface area contributed by atoms with Crippen LogP contribution < -0.4 is 10.1 Å². The molecule has 4 aromatic rings. The number of nitrogens with zero attached hydrogens (tertiary/aromatic N) is 3. The molecule has 0 unspecified atom stereocenters. The molecule has 0 spiro atoms. The molecule has 1 amide bonds. The lowest BCUT2D eigenvalue weighted by Crippen LogP contribution is -2.26. The van der Waals surface area contributed by atoms with Crippen molar-refractivity contribution >= 4 is 28.5 Å². The van der Waals surface area contributed by atoms with Crippen molar-refractivity contribution in [2.75, 3.05) is 13.2 Å². The summed E-state index contributed by atoms with van der Waals surface area (Å²) in [5, 5.41) is 3.69. The third kappa shape index (κ3) is 5.26. The summed E-state index contributed by atoms with van der Waals surface area (Å²) < 4.78 is 8.11. The maximum Gasteiger partial charge on any atom is 0.252 e. The number of imidazole rings is 1. The van der Waals surface area contributed by atoms with Gasteiger partial charge in [-0.2, -0.15) is 0 Å². The van der Waals surface area contributed by atoms with E-state index in [1.165, 1.54) is 0 Å². The van der Waals surface area contributed by atoms with E-state index in [0.29, 0.717) is 25.1 Å². The Labute approximate surface area is 192 Å². The maximum absolute atomic E-state index is 12.3. The molecule has 2 aromatic carbocycles. The fourth-order valence-corrected chi connectivity index (χ4v) is 3.69. The van der Waals surface area contributed by atoms with Gasteiger partial charge in [0.15, 0.2) is 0 Å². The summed E-state index contributed by atoms with van der Waals surface area (Å²) in [6.07, 6.45) is 4.68. The lowest BCUT2D eigenvalue weighted by molar-refractivity contribution is 0.0953. The molecule has 0 fully saturated rings. The van der Waals surface area contributed by atoms with Gasteiger partial charge in [-0.3, -0.25) is 9.78 Å². The van der Waals surface area contributed by atoms with Crippen molar-refractivity contribution in [3.63, 3.8) is 0 Å². The Morgan fingerprint density at radius 1 is 1.16 bits per heavy atom. The van der Waals surface area contributed by atoms with E-state index in [2.05, 4.69) is 20.9 Å². The highest BCUT2D eigenvalue weighted by atomic mass is 35.5. The number of hydrogen-bond acceptors (Lipinski definition) is 4. The van der Waals surface area contributed by atoms with Crippen LogP contribution in [-0.2, 0) is 13.0 Å². The van der Waals surface area contributed by atoms with Crippen molar-refractivity contribution in [1.29, 1.82) is 0 Å². The predicted octanol–water partition coefficient (Wildman–Crippen LogP) is 4.83. The van der Waals surface area contributed by atoms with Crippen LogP contribution in [-0.4, -0.2) is 33.6 Å². The van der Waals surface area contributed by atoms with Gasteiger partial charge in [0.05, 0.1) is 23.2 Å². The number of carbonyl (C=O) groups is 1. The largest absolute Gasteiger partial charge is 0.494 e. The highest BCUT2D eigenvalue weighted by Gasteiger charge is 2.11. The van der Waals surface area contributed by atoms with Gasteiger partial charge in [-0.05, 0) is 61.4 Å². The van der Waals surface area contributed by atoms with Gasteiger partial charge in [-0.15, -0.1) is 0 Å². The number of hydrogen-bond donors (Lipinski definition) is 1. The van der Waals surface area contributed by atoms with Crippen LogP contribution in [0.4, 0.5) is 0 Å². The van der Waals surface area contributed by atoms with Crippen LogP contribution in [0.1, 0.15) is 28.2 Å². The predicted molar refractivity (Wildman–Crippen MR) is 126 cm³/mol. The number of aromatic nitrogens is 3. The molecule has 32 heavy (non-hydrogen) atoms. The molecule has 0 bridgehead atoms. The number of ether oxygens (including phenoxy) is 1. The van der Waals surface area contributed by atoms with E-state index >= 15 is 0 Å². The number of pyridine rings is 1. The average Bonchev–Trinajstić information content (AvgIpc) is 3.17. The third-order valence-electron chi connectivity index (χ3n) is 5.22. The number of carbonyl (C=O) groups excluding carboxylic acids is 1. The molecule has 2 heterocycles. The summed E-state index contributed by atoms with van der Waals surface area (Å²) in [6.45, 7) is 3.83. The van der Waals surface area contributed by atoms with Gasteiger partial charge in [0.2, 0.25) is 0 Å². The Morgan fingerprint density at radius 3 is 2.84 bits per heavy atom. The van der Waals surface area contributed by atoms with Gasteiger partial charge in [0.1, 0.15) is 11.6 Å². The molecule has 4 rings (SSSR count). The molecule has 6 nitrogen and oxygen atoms in total. The molecule has 1 N–H and O–H groups in total. The van der Waals surface area contributed by atoms with Crippen LogP contribution in [0.5, 0.6) is 5.75 Å². The van der Waals surface area contributed by atoms with E-state index in [4.69, 9.17) is 21.3 Å². The summed E-state index contributed by atoms with van der Waals surface area (Å²) >= 11 is 6.08. The van der Waals surface area contributed by atoms with Gasteiger partial charge in [-0.25, -0.2) is 4.98 Å². The summed E-state index contributed by atoms with van der Waals surface area (Å²) in [5.74, 6) is 1.63. The van der Waals surface area contributed by atoms with Crippen molar-refractivity contribution in [2.45, 2.75) is 26.3 Å². The van der Waals surface area contributed by atoms with E-state index in [0.717, 1.165) is 46.2 Å². The van der Waals surface area contributed by atoms with Crippen LogP contribution in [0.15, 0.2) is 67.0 Å². The van der Waals surface area contributed by atoms with E-state index in [-0.39, 0.29) is 5.91 Å². The minimum Gasteiger partial charge on any atom is -0.494 e. The Bertz CT molecular complexity index is 1210. The molecular weight excluding hydrogens is 424 g/mol. The second-order valence-corrected chi connectivity index (χ2v) is 7.94. The number of nitrogens with one attached hydrogen (secondary N) is 1.